The molecule has 2 atom stereocenters. The van der Waals surface area contributed by atoms with Crippen molar-refractivity contribution in [3.05, 3.63) is 0 Å². The van der Waals surface area contributed by atoms with Crippen molar-refractivity contribution in [2.75, 3.05) is 32.7 Å². The van der Waals surface area contributed by atoms with Gasteiger partial charge < -0.3 is 5.73 Å². The predicted octanol–water partition coefficient (Wildman–Crippen LogP) is 0.244. The first-order valence-corrected chi connectivity index (χ1v) is 7.72. The van der Waals surface area contributed by atoms with Crippen molar-refractivity contribution in [2.45, 2.75) is 26.7 Å². The Kier molecular flexibility index (Phi) is 3.51. The average molecular weight is 261 g/mol. The summed E-state index contributed by atoms with van der Waals surface area (Å²) in [5, 5.41) is 0. The molecule has 6 heteroatoms. The Morgan fingerprint density at radius 1 is 1.35 bits per heavy atom. The molecule has 0 aromatic rings. The summed E-state index contributed by atoms with van der Waals surface area (Å²) in [4.78, 5) is 0. The van der Waals surface area contributed by atoms with E-state index in [1.165, 1.54) is 0 Å². The number of rotatable bonds is 3. The maximum Gasteiger partial charge on any atom is 0.282 e. The van der Waals surface area contributed by atoms with Crippen molar-refractivity contribution in [3.8, 4) is 0 Å². The lowest BCUT2D eigenvalue weighted by Crippen LogP contribution is -2.43. The molecule has 0 aromatic carbocycles. The van der Waals surface area contributed by atoms with E-state index in [2.05, 4.69) is 13.8 Å². The van der Waals surface area contributed by atoms with Gasteiger partial charge in [-0.1, -0.05) is 13.8 Å². The van der Waals surface area contributed by atoms with Crippen molar-refractivity contribution in [3.63, 3.8) is 0 Å². The standard InChI is InChI=1S/C11H23N3O2S/c1-10-3-5-13(7-10)17(15,16)14-6-4-11(2,8-12)9-14/h10H,3-9,12H2,1-2H3. The second-order valence-electron chi connectivity index (χ2n) is 5.86. The molecule has 2 saturated heterocycles. The fraction of sp³-hybridized carbons (Fsp3) is 1.00. The van der Waals surface area contributed by atoms with Crippen LogP contribution in [0, 0.1) is 11.3 Å². The van der Waals surface area contributed by atoms with Crippen molar-refractivity contribution in [1.29, 1.82) is 0 Å². The summed E-state index contributed by atoms with van der Waals surface area (Å²) in [5.74, 6) is 0.480. The van der Waals surface area contributed by atoms with E-state index in [9.17, 15) is 8.42 Å². The molecule has 0 spiro atoms. The molecule has 2 unspecified atom stereocenters. The minimum Gasteiger partial charge on any atom is -0.330 e. The quantitative estimate of drug-likeness (QED) is 0.791. The fourth-order valence-electron chi connectivity index (χ4n) is 2.61. The molecule has 2 fully saturated rings. The average Bonchev–Trinajstić information content (AvgIpc) is 2.86. The highest BCUT2D eigenvalue weighted by Crippen LogP contribution is 2.32. The van der Waals surface area contributed by atoms with Gasteiger partial charge in [-0.15, -0.1) is 0 Å². The van der Waals surface area contributed by atoms with Crippen LogP contribution in [0.25, 0.3) is 0 Å². The van der Waals surface area contributed by atoms with Crippen LogP contribution in [0.1, 0.15) is 26.7 Å². The lowest BCUT2D eigenvalue weighted by molar-refractivity contribution is 0.334. The highest BCUT2D eigenvalue weighted by atomic mass is 32.2. The fourth-order valence-corrected chi connectivity index (χ4v) is 4.51. The van der Waals surface area contributed by atoms with Crippen molar-refractivity contribution < 1.29 is 8.42 Å². The zero-order chi connectivity index (χ0) is 12.7. The summed E-state index contributed by atoms with van der Waals surface area (Å²) in [6.07, 6.45) is 1.84. The predicted molar refractivity (Wildman–Crippen MR) is 67.6 cm³/mol. The highest BCUT2D eigenvalue weighted by molar-refractivity contribution is 7.86. The van der Waals surface area contributed by atoms with Gasteiger partial charge in [-0.2, -0.15) is 17.0 Å². The third-order valence-corrected chi connectivity index (χ3v) is 6.00. The largest absolute Gasteiger partial charge is 0.330 e. The van der Waals surface area contributed by atoms with Gasteiger partial charge in [-0.3, -0.25) is 0 Å². The highest BCUT2D eigenvalue weighted by Gasteiger charge is 2.42. The first-order valence-electron chi connectivity index (χ1n) is 6.33. The van der Waals surface area contributed by atoms with E-state index in [1.54, 1.807) is 8.61 Å². The number of hydrogen-bond donors (Lipinski definition) is 1. The monoisotopic (exact) mass is 261 g/mol. The van der Waals surface area contributed by atoms with Gasteiger partial charge >= 0.3 is 0 Å². The third-order valence-electron chi connectivity index (χ3n) is 4.05. The Bertz CT molecular complexity index is 384. The van der Waals surface area contributed by atoms with E-state index in [1.807, 2.05) is 0 Å². The number of nitrogens with zero attached hydrogens (tertiary/aromatic N) is 2. The van der Waals surface area contributed by atoms with Gasteiger partial charge in [0.2, 0.25) is 0 Å². The maximum absolute atomic E-state index is 12.4. The van der Waals surface area contributed by atoms with E-state index >= 15 is 0 Å². The molecule has 2 N–H and O–H groups in total. The first kappa shape index (κ1) is 13.3. The van der Waals surface area contributed by atoms with E-state index in [4.69, 9.17) is 5.73 Å². The molecule has 2 rings (SSSR count). The van der Waals surface area contributed by atoms with Crippen LogP contribution in [0.2, 0.25) is 0 Å². The molecule has 0 aliphatic carbocycles. The van der Waals surface area contributed by atoms with Crippen LogP contribution in [-0.2, 0) is 10.2 Å². The molecule has 0 aromatic heterocycles. The molecule has 0 radical (unpaired) electrons. The molecule has 2 aliphatic heterocycles. The maximum atomic E-state index is 12.4. The summed E-state index contributed by atoms with van der Waals surface area (Å²) >= 11 is 0. The second kappa shape index (κ2) is 4.50. The number of hydrogen-bond acceptors (Lipinski definition) is 3. The van der Waals surface area contributed by atoms with Crippen LogP contribution in [-0.4, -0.2) is 49.8 Å². The zero-order valence-corrected chi connectivity index (χ0v) is 11.5. The molecule has 17 heavy (non-hydrogen) atoms. The molecule has 0 saturated carbocycles. The second-order valence-corrected chi connectivity index (χ2v) is 7.79. The number of nitrogens with two attached hydrogens (primary N) is 1. The zero-order valence-electron chi connectivity index (χ0n) is 10.7. The Morgan fingerprint density at radius 3 is 2.53 bits per heavy atom. The molecule has 0 bridgehead atoms. The Hall–Kier alpha value is -0.170. The Balaban J connectivity index is 2.08. The van der Waals surface area contributed by atoms with Crippen LogP contribution in [0.5, 0.6) is 0 Å². The molecule has 5 nitrogen and oxygen atoms in total. The SMILES string of the molecule is CC1CCN(S(=O)(=O)N2CCC(C)(CN)C2)C1. The minimum absolute atomic E-state index is 0.0432. The van der Waals surface area contributed by atoms with Crippen molar-refractivity contribution >= 4 is 10.2 Å². The smallest absolute Gasteiger partial charge is 0.282 e. The van der Waals surface area contributed by atoms with E-state index in [-0.39, 0.29) is 5.41 Å². The van der Waals surface area contributed by atoms with Gasteiger partial charge in [0, 0.05) is 26.2 Å². The van der Waals surface area contributed by atoms with Crippen molar-refractivity contribution in [1.82, 2.24) is 8.61 Å². The molecule has 2 heterocycles. The first-order chi connectivity index (χ1) is 7.87. The molecule has 2 aliphatic rings. The van der Waals surface area contributed by atoms with Gasteiger partial charge in [0.25, 0.3) is 10.2 Å². The molecule has 0 amide bonds. The Morgan fingerprint density at radius 2 is 2.06 bits per heavy atom. The molecular formula is C11H23N3O2S. The van der Waals surface area contributed by atoms with Crippen LogP contribution >= 0.6 is 0 Å². The lowest BCUT2D eigenvalue weighted by Gasteiger charge is -2.26. The van der Waals surface area contributed by atoms with Gasteiger partial charge in [0.15, 0.2) is 0 Å². The summed E-state index contributed by atoms with van der Waals surface area (Å²) < 4.78 is 28.0. The molecule has 100 valence electrons. The van der Waals surface area contributed by atoms with Crippen LogP contribution in [0.3, 0.4) is 0 Å². The van der Waals surface area contributed by atoms with Crippen molar-refractivity contribution in [2.24, 2.45) is 17.1 Å². The lowest BCUT2D eigenvalue weighted by atomic mass is 9.90. The Labute approximate surface area is 104 Å². The van der Waals surface area contributed by atoms with Gasteiger partial charge in [-0.25, -0.2) is 0 Å². The third kappa shape index (κ3) is 2.50. The van der Waals surface area contributed by atoms with Gasteiger partial charge in [0.05, 0.1) is 0 Å². The van der Waals surface area contributed by atoms with Gasteiger partial charge in [-0.05, 0) is 30.7 Å². The summed E-state index contributed by atoms with van der Waals surface area (Å²) in [7, 11) is -3.24. The van der Waals surface area contributed by atoms with E-state index < -0.39 is 10.2 Å². The van der Waals surface area contributed by atoms with Crippen LogP contribution in [0.4, 0.5) is 0 Å². The van der Waals surface area contributed by atoms with E-state index in [0.29, 0.717) is 38.6 Å². The van der Waals surface area contributed by atoms with E-state index in [0.717, 1.165) is 12.8 Å². The normalized spacial score (nSPS) is 36.8. The minimum atomic E-state index is -3.24. The molecular weight excluding hydrogens is 238 g/mol. The summed E-state index contributed by atoms with van der Waals surface area (Å²) in [6, 6.07) is 0. The topological polar surface area (TPSA) is 66.6 Å². The van der Waals surface area contributed by atoms with Crippen LogP contribution < -0.4 is 5.73 Å². The summed E-state index contributed by atoms with van der Waals surface area (Å²) in [6.45, 7) is 7.23. The summed E-state index contributed by atoms with van der Waals surface area (Å²) in [5.41, 5.74) is 5.67. The van der Waals surface area contributed by atoms with Gasteiger partial charge in [0.1, 0.15) is 0 Å². The van der Waals surface area contributed by atoms with Crippen LogP contribution in [0.15, 0.2) is 0 Å².